The fourth-order valence-corrected chi connectivity index (χ4v) is 3.44. The van der Waals surface area contributed by atoms with Crippen LogP contribution >= 0.6 is 11.8 Å². The molecule has 0 bridgehead atoms. The highest BCUT2D eigenvalue weighted by Crippen LogP contribution is 2.16. The Hall–Kier alpha value is -2.62. The molecule has 0 radical (unpaired) electrons. The second-order valence-corrected chi connectivity index (χ2v) is 6.81. The van der Waals surface area contributed by atoms with E-state index in [0.717, 1.165) is 5.69 Å². The molecule has 9 nitrogen and oxygen atoms in total. The van der Waals surface area contributed by atoms with Gasteiger partial charge >= 0.3 is 5.69 Å². The van der Waals surface area contributed by atoms with Crippen molar-refractivity contribution < 1.29 is 0 Å². The monoisotopic (exact) mass is 361 g/mol. The van der Waals surface area contributed by atoms with Crippen LogP contribution in [0.2, 0.25) is 0 Å². The highest BCUT2D eigenvalue weighted by Gasteiger charge is 2.14. The summed E-state index contributed by atoms with van der Waals surface area (Å²) in [5.74, 6) is 1.10. The van der Waals surface area contributed by atoms with Gasteiger partial charge in [-0.25, -0.2) is 19.7 Å². The number of thioether (sulfide) groups is 1. The predicted molar refractivity (Wildman–Crippen MR) is 96.7 cm³/mol. The molecule has 0 saturated heterocycles. The molecule has 0 spiro atoms. The molecule has 0 saturated carbocycles. The number of aryl methyl sites for hydroxylation is 3. The lowest BCUT2D eigenvalue weighted by atomic mass is 10.4. The summed E-state index contributed by atoms with van der Waals surface area (Å²) in [7, 11) is 3.35. The van der Waals surface area contributed by atoms with Crippen molar-refractivity contribution in [1.29, 1.82) is 0 Å². The summed E-state index contributed by atoms with van der Waals surface area (Å²) in [6.45, 7) is 2.18. The quantitative estimate of drug-likeness (QED) is 0.395. The van der Waals surface area contributed by atoms with Crippen LogP contribution in [0.5, 0.6) is 0 Å². The van der Waals surface area contributed by atoms with Gasteiger partial charge in [-0.3, -0.25) is 13.9 Å². The summed E-state index contributed by atoms with van der Waals surface area (Å²) in [6.07, 6.45) is 2.16. The summed E-state index contributed by atoms with van der Waals surface area (Å²) in [6, 6.07) is 1.70. The number of imidazole rings is 1. The molecule has 0 atom stereocenters. The number of hydrogen-bond donors (Lipinski definition) is 1. The lowest BCUT2D eigenvalue weighted by Gasteiger charge is -2.08. The molecule has 0 aliphatic carbocycles. The number of anilines is 1. The molecule has 25 heavy (non-hydrogen) atoms. The Morgan fingerprint density at radius 1 is 1.24 bits per heavy atom. The molecule has 3 heterocycles. The summed E-state index contributed by atoms with van der Waals surface area (Å²) < 4.78 is 4.27. The smallest absolute Gasteiger partial charge is 0.332 e. The molecule has 0 aliphatic heterocycles. The first kappa shape index (κ1) is 17.2. The molecule has 0 aromatic carbocycles. The third-order valence-corrected chi connectivity index (χ3v) is 4.75. The molecule has 3 aromatic rings. The number of nitrogens with zero attached hydrogens (tertiary/aromatic N) is 6. The maximum atomic E-state index is 12.6. The van der Waals surface area contributed by atoms with Crippen molar-refractivity contribution in [3.05, 3.63) is 38.9 Å². The number of nitrogen functional groups attached to an aromatic ring is 1. The van der Waals surface area contributed by atoms with Crippen LogP contribution in [-0.4, -0.2) is 34.4 Å². The van der Waals surface area contributed by atoms with Crippen molar-refractivity contribution in [2.75, 3.05) is 11.5 Å². The van der Waals surface area contributed by atoms with Gasteiger partial charge in [0.1, 0.15) is 5.82 Å². The van der Waals surface area contributed by atoms with Crippen LogP contribution in [0.1, 0.15) is 12.1 Å². The molecule has 10 heteroatoms. The number of hydrogen-bond acceptors (Lipinski definition) is 7. The molecule has 2 N–H and O–H groups in total. The second kappa shape index (κ2) is 6.71. The molecule has 3 rings (SSSR count). The minimum atomic E-state index is -0.364. The molecular weight excluding hydrogens is 342 g/mol. The van der Waals surface area contributed by atoms with Gasteiger partial charge in [0.05, 0.1) is 6.33 Å². The number of fused-ring (bicyclic) bond motifs is 1. The van der Waals surface area contributed by atoms with Gasteiger partial charge in [-0.05, 0) is 13.3 Å². The van der Waals surface area contributed by atoms with Crippen molar-refractivity contribution in [2.45, 2.75) is 25.0 Å². The van der Waals surface area contributed by atoms with Gasteiger partial charge in [0.25, 0.3) is 5.56 Å². The van der Waals surface area contributed by atoms with Crippen LogP contribution in [0, 0.1) is 6.92 Å². The van der Waals surface area contributed by atoms with Crippen LogP contribution in [-0.2, 0) is 20.6 Å². The van der Waals surface area contributed by atoms with E-state index < -0.39 is 0 Å². The normalized spacial score (nSPS) is 11.3. The third kappa shape index (κ3) is 3.29. The van der Waals surface area contributed by atoms with Gasteiger partial charge in [0, 0.05) is 38.2 Å². The van der Waals surface area contributed by atoms with Gasteiger partial charge in [-0.1, -0.05) is 11.8 Å². The second-order valence-electron chi connectivity index (χ2n) is 5.74. The largest absolute Gasteiger partial charge is 0.384 e. The summed E-state index contributed by atoms with van der Waals surface area (Å²) >= 11 is 1.45. The Balaban J connectivity index is 1.76. The topological polar surface area (TPSA) is 114 Å². The first-order valence-electron chi connectivity index (χ1n) is 7.73. The zero-order valence-corrected chi connectivity index (χ0v) is 15.1. The number of rotatable bonds is 5. The van der Waals surface area contributed by atoms with E-state index in [4.69, 9.17) is 5.73 Å². The van der Waals surface area contributed by atoms with Gasteiger partial charge in [0.2, 0.25) is 0 Å². The Morgan fingerprint density at radius 3 is 2.72 bits per heavy atom. The highest BCUT2D eigenvalue weighted by atomic mass is 32.2. The maximum absolute atomic E-state index is 12.6. The molecule has 132 valence electrons. The number of aromatic nitrogens is 6. The first-order valence-corrected chi connectivity index (χ1v) is 8.72. The van der Waals surface area contributed by atoms with Crippen molar-refractivity contribution in [1.82, 2.24) is 28.7 Å². The lowest BCUT2D eigenvalue weighted by Crippen LogP contribution is -2.39. The van der Waals surface area contributed by atoms with E-state index in [-0.39, 0.29) is 11.2 Å². The Labute approximate surface area is 147 Å². The van der Waals surface area contributed by atoms with Crippen LogP contribution in [0.15, 0.2) is 27.1 Å². The van der Waals surface area contributed by atoms with Crippen LogP contribution in [0.3, 0.4) is 0 Å². The van der Waals surface area contributed by atoms with Crippen molar-refractivity contribution in [3.63, 3.8) is 0 Å². The van der Waals surface area contributed by atoms with E-state index in [9.17, 15) is 9.59 Å². The van der Waals surface area contributed by atoms with Crippen LogP contribution < -0.4 is 17.0 Å². The summed E-state index contributed by atoms with van der Waals surface area (Å²) in [4.78, 5) is 37.5. The molecule has 3 aromatic heterocycles. The minimum absolute atomic E-state index is 0.320. The zero-order chi connectivity index (χ0) is 18.1. The van der Waals surface area contributed by atoms with Crippen molar-refractivity contribution in [3.8, 4) is 0 Å². The number of nitrogens with two attached hydrogens (primary N) is 1. The van der Waals surface area contributed by atoms with E-state index >= 15 is 0 Å². The van der Waals surface area contributed by atoms with Gasteiger partial charge in [-0.2, -0.15) is 0 Å². The maximum Gasteiger partial charge on any atom is 0.332 e. The van der Waals surface area contributed by atoms with Gasteiger partial charge < -0.3 is 10.3 Å². The molecule has 0 unspecified atom stereocenters. The standard InChI is InChI=1S/C15H19N7O2S/c1-9-7-10(16)19-14(18-9)25-6-4-5-22-13(23)11-12(17-8-20(11)2)21(3)15(22)24/h7-8H,4-6H2,1-3H3,(H2,16,18,19). The Kier molecular flexibility index (Phi) is 4.62. The van der Waals surface area contributed by atoms with Gasteiger partial charge in [0.15, 0.2) is 16.3 Å². The third-order valence-electron chi connectivity index (χ3n) is 3.81. The van der Waals surface area contributed by atoms with Crippen molar-refractivity contribution in [2.24, 2.45) is 14.1 Å². The van der Waals surface area contributed by atoms with Crippen molar-refractivity contribution >= 4 is 28.7 Å². The SMILES string of the molecule is Cc1cc(N)nc(SCCCn2c(=O)c3c(ncn3C)n(C)c2=O)n1. The highest BCUT2D eigenvalue weighted by molar-refractivity contribution is 7.99. The predicted octanol–water partition coefficient (Wildman–Crippen LogP) is 0.297. The molecule has 0 aliphatic rings. The van der Waals surface area contributed by atoms with E-state index in [0.29, 0.717) is 40.9 Å². The first-order chi connectivity index (χ1) is 11.9. The minimum Gasteiger partial charge on any atom is -0.384 e. The fraction of sp³-hybridized carbons (Fsp3) is 0.400. The average Bonchev–Trinajstić information content (AvgIpc) is 2.93. The van der Waals surface area contributed by atoms with Crippen LogP contribution in [0.25, 0.3) is 11.2 Å². The molecular formula is C15H19N7O2S. The molecule has 0 fully saturated rings. The Morgan fingerprint density at radius 2 is 2.00 bits per heavy atom. The Bertz CT molecular complexity index is 1030. The van der Waals surface area contributed by atoms with E-state index in [1.54, 1.807) is 24.7 Å². The zero-order valence-electron chi connectivity index (χ0n) is 14.3. The van der Waals surface area contributed by atoms with Crippen LogP contribution in [0.4, 0.5) is 5.82 Å². The molecule has 0 amide bonds. The van der Waals surface area contributed by atoms with Gasteiger partial charge in [-0.15, -0.1) is 0 Å². The lowest BCUT2D eigenvalue weighted by molar-refractivity contribution is 0.594. The summed E-state index contributed by atoms with van der Waals surface area (Å²) in [5.41, 5.74) is 6.64. The summed E-state index contributed by atoms with van der Waals surface area (Å²) in [5, 5.41) is 0.597. The van der Waals surface area contributed by atoms with E-state index in [1.165, 1.54) is 27.2 Å². The average molecular weight is 361 g/mol. The fourth-order valence-electron chi connectivity index (χ4n) is 2.61. The van der Waals surface area contributed by atoms with E-state index in [1.807, 2.05) is 6.92 Å². The van der Waals surface area contributed by atoms with E-state index in [2.05, 4.69) is 15.0 Å².